The molecule has 0 aromatic heterocycles. The van der Waals surface area contributed by atoms with Gasteiger partial charge in [-0.05, 0) is 64.2 Å². The van der Waals surface area contributed by atoms with Gasteiger partial charge >= 0.3 is 6.09 Å². The largest absolute Gasteiger partial charge is 0.444 e. The molecule has 3 heterocycles. The number of ether oxygens (including phenoxy) is 1. The van der Waals surface area contributed by atoms with Crippen molar-refractivity contribution in [3.8, 4) is 0 Å². The van der Waals surface area contributed by atoms with E-state index in [1.165, 1.54) is 0 Å². The number of nitrogens with one attached hydrogen (secondary N) is 1. The average molecular weight is 442 g/mol. The van der Waals surface area contributed by atoms with Gasteiger partial charge in [0.05, 0.1) is 0 Å². The number of hydrogen-bond acceptors (Lipinski definition) is 5. The van der Waals surface area contributed by atoms with Crippen LogP contribution < -0.4 is 5.32 Å². The van der Waals surface area contributed by atoms with Crippen LogP contribution >= 0.6 is 0 Å². The summed E-state index contributed by atoms with van der Waals surface area (Å²) in [5.41, 5.74) is 2.03. The maximum atomic E-state index is 12.9. The summed E-state index contributed by atoms with van der Waals surface area (Å²) in [4.78, 5) is 52.7. The lowest BCUT2D eigenvalue weighted by atomic mass is 9.83. The van der Waals surface area contributed by atoms with E-state index in [1.54, 1.807) is 9.80 Å². The molecular formula is C24H31N3O5. The minimum absolute atomic E-state index is 0.0278. The fourth-order valence-corrected chi connectivity index (χ4v) is 4.99. The molecule has 0 bridgehead atoms. The molecule has 0 aliphatic carbocycles. The van der Waals surface area contributed by atoms with Crippen molar-refractivity contribution in [1.29, 1.82) is 0 Å². The number of carbonyl (C=O) groups is 4. The molecular weight excluding hydrogens is 410 g/mol. The van der Waals surface area contributed by atoms with Crippen LogP contribution in [-0.4, -0.2) is 57.8 Å². The number of carbonyl (C=O) groups excluding carboxylic acids is 4. The first-order valence-electron chi connectivity index (χ1n) is 11.3. The van der Waals surface area contributed by atoms with Crippen molar-refractivity contribution in [2.45, 2.75) is 83.5 Å². The predicted octanol–water partition coefficient (Wildman–Crippen LogP) is 2.95. The monoisotopic (exact) mass is 441 g/mol. The summed E-state index contributed by atoms with van der Waals surface area (Å²) in [5.74, 6) is -0.732. The lowest BCUT2D eigenvalue weighted by Crippen LogP contribution is -2.52. The van der Waals surface area contributed by atoms with Gasteiger partial charge in [-0.25, -0.2) is 4.79 Å². The second kappa shape index (κ2) is 8.22. The van der Waals surface area contributed by atoms with Gasteiger partial charge in [-0.3, -0.25) is 19.7 Å². The van der Waals surface area contributed by atoms with Crippen LogP contribution in [0, 0.1) is 0 Å². The van der Waals surface area contributed by atoms with Gasteiger partial charge in [0, 0.05) is 37.0 Å². The first-order chi connectivity index (χ1) is 15.0. The maximum absolute atomic E-state index is 12.9. The van der Waals surface area contributed by atoms with Crippen molar-refractivity contribution >= 4 is 23.8 Å². The third kappa shape index (κ3) is 4.23. The van der Waals surface area contributed by atoms with Gasteiger partial charge in [0.25, 0.3) is 5.91 Å². The summed E-state index contributed by atoms with van der Waals surface area (Å²) in [6, 6.07) is 5.19. The number of likely N-dealkylation sites (tertiary alicyclic amines) is 1. The van der Waals surface area contributed by atoms with Crippen LogP contribution in [0.4, 0.5) is 4.79 Å². The molecule has 8 nitrogen and oxygen atoms in total. The van der Waals surface area contributed by atoms with E-state index in [4.69, 9.17) is 4.74 Å². The first kappa shape index (κ1) is 22.3. The van der Waals surface area contributed by atoms with E-state index < -0.39 is 17.6 Å². The Kier molecular flexibility index (Phi) is 5.73. The number of amides is 4. The van der Waals surface area contributed by atoms with Gasteiger partial charge in [0.15, 0.2) is 0 Å². The molecule has 1 aromatic carbocycles. The third-order valence-electron chi connectivity index (χ3n) is 6.59. The molecule has 0 spiro atoms. The zero-order chi connectivity index (χ0) is 23.2. The topological polar surface area (TPSA) is 96.0 Å². The molecule has 4 rings (SSSR count). The standard InChI is InChI=1S/C24H31N3O5/c1-14-17(6-5-11-26(14)23(31)32-24(2,3)4)15-7-8-18-16(12-15)13-27(22(18)30)19-9-10-20(28)25-21(19)29/h7-8,12,14,17,19H,5-6,9-11,13H2,1-4H3,(H,25,28,29). The van der Waals surface area contributed by atoms with Gasteiger partial charge in [0.2, 0.25) is 11.8 Å². The van der Waals surface area contributed by atoms with E-state index in [1.807, 2.05) is 45.9 Å². The highest BCUT2D eigenvalue weighted by Crippen LogP contribution is 2.36. The summed E-state index contributed by atoms with van der Waals surface area (Å²) in [7, 11) is 0. The Morgan fingerprint density at radius 2 is 1.91 bits per heavy atom. The highest BCUT2D eigenvalue weighted by Gasteiger charge is 2.40. The smallest absolute Gasteiger partial charge is 0.410 e. The Balaban J connectivity index is 1.52. The number of hydrogen-bond donors (Lipinski definition) is 1. The second-order valence-corrected chi connectivity index (χ2v) is 9.98. The normalized spacial score (nSPS) is 26.1. The zero-order valence-corrected chi connectivity index (χ0v) is 19.1. The van der Waals surface area contributed by atoms with Gasteiger partial charge < -0.3 is 14.5 Å². The number of nitrogens with zero attached hydrogens (tertiary/aromatic N) is 2. The molecule has 3 aliphatic heterocycles. The predicted molar refractivity (Wildman–Crippen MR) is 117 cm³/mol. The van der Waals surface area contributed by atoms with Crippen LogP contribution in [0.3, 0.4) is 0 Å². The molecule has 3 unspecified atom stereocenters. The molecule has 1 aromatic rings. The van der Waals surface area contributed by atoms with Crippen molar-refractivity contribution in [1.82, 2.24) is 15.1 Å². The number of imide groups is 1. The van der Waals surface area contributed by atoms with Gasteiger partial charge in [-0.15, -0.1) is 0 Å². The van der Waals surface area contributed by atoms with Crippen LogP contribution in [0.2, 0.25) is 0 Å². The van der Waals surface area contributed by atoms with E-state index in [9.17, 15) is 19.2 Å². The summed E-state index contributed by atoms with van der Waals surface area (Å²) in [6.07, 6.45) is 2.12. The van der Waals surface area contributed by atoms with Crippen molar-refractivity contribution in [2.75, 3.05) is 6.54 Å². The van der Waals surface area contributed by atoms with E-state index >= 15 is 0 Å². The Hall–Kier alpha value is -2.90. The zero-order valence-electron chi connectivity index (χ0n) is 19.1. The lowest BCUT2D eigenvalue weighted by molar-refractivity contribution is -0.136. The summed E-state index contributed by atoms with van der Waals surface area (Å²) in [6.45, 7) is 8.65. The van der Waals surface area contributed by atoms with Crippen LogP contribution in [0.1, 0.15) is 80.8 Å². The van der Waals surface area contributed by atoms with Crippen LogP contribution in [0.15, 0.2) is 18.2 Å². The fraction of sp³-hybridized carbons (Fsp3) is 0.583. The van der Waals surface area contributed by atoms with Crippen LogP contribution in [-0.2, 0) is 20.9 Å². The minimum Gasteiger partial charge on any atom is -0.444 e. The van der Waals surface area contributed by atoms with E-state index in [2.05, 4.69) is 5.32 Å². The highest BCUT2D eigenvalue weighted by atomic mass is 16.6. The molecule has 32 heavy (non-hydrogen) atoms. The highest BCUT2D eigenvalue weighted by molar-refractivity contribution is 6.05. The Labute approximate surface area is 188 Å². The van der Waals surface area contributed by atoms with E-state index in [0.717, 1.165) is 24.0 Å². The van der Waals surface area contributed by atoms with Crippen molar-refractivity contribution < 1.29 is 23.9 Å². The minimum atomic E-state index is -0.618. The Morgan fingerprint density at radius 3 is 2.59 bits per heavy atom. The summed E-state index contributed by atoms with van der Waals surface area (Å²) < 4.78 is 5.59. The molecule has 0 saturated carbocycles. The quantitative estimate of drug-likeness (QED) is 0.712. The van der Waals surface area contributed by atoms with Gasteiger partial charge in [0.1, 0.15) is 11.6 Å². The van der Waals surface area contributed by atoms with E-state index in [0.29, 0.717) is 25.1 Å². The van der Waals surface area contributed by atoms with Crippen molar-refractivity contribution in [3.05, 3.63) is 34.9 Å². The average Bonchev–Trinajstić information content (AvgIpc) is 3.02. The number of fused-ring (bicyclic) bond motifs is 1. The number of benzene rings is 1. The maximum Gasteiger partial charge on any atom is 0.410 e. The number of piperidine rings is 2. The SMILES string of the molecule is CC1C(c2ccc3c(c2)CN(C2CCC(=O)NC2=O)C3=O)CCCN1C(=O)OC(C)(C)C. The van der Waals surface area contributed by atoms with E-state index in [-0.39, 0.29) is 36.3 Å². The molecule has 4 amide bonds. The molecule has 172 valence electrons. The molecule has 8 heteroatoms. The van der Waals surface area contributed by atoms with Gasteiger partial charge in [-0.2, -0.15) is 0 Å². The first-order valence-corrected chi connectivity index (χ1v) is 11.3. The third-order valence-corrected chi connectivity index (χ3v) is 6.59. The summed E-state index contributed by atoms with van der Waals surface area (Å²) >= 11 is 0. The Morgan fingerprint density at radius 1 is 1.16 bits per heavy atom. The van der Waals surface area contributed by atoms with Crippen molar-refractivity contribution in [2.24, 2.45) is 0 Å². The molecule has 3 aliphatic rings. The van der Waals surface area contributed by atoms with Gasteiger partial charge in [-0.1, -0.05) is 12.1 Å². The molecule has 2 saturated heterocycles. The molecule has 3 atom stereocenters. The molecule has 2 fully saturated rings. The van der Waals surface area contributed by atoms with Crippen LogP contribution in [0.25, 0.3) is 0 Å². The van der Waals surface area contributed by atoms with Crippen LogP contribution in [0.5, 0.6) is 0 Å². The molecule has 1 N–H and O–H groups in total. The molecule has 0 radical (unpaired) electrons. The Bertz CT molecular complexity index is 967. The van der Waals surface area contributed by atoms with Crippen molar-refractivity contribution in [3.63, 3.8) is 0 Å². The fourth-order valence-electron chi connectivity index (χ4n) is 4.99. The second-order valence-electron chi connectivity index (χ2n) is 9.98. The lowest BCUT2D eigenvalue weighted by Gasteiger charge is -2.40. The summed E-state index contributed by atoms with van der Waals surface area (Å²) in [5, 5.41) is 2.33. The number of rotatable bonds is 2.